The van der Waals surface area contributed by atoms with E-state index in [0.717, 1.165) is 24.9 Å². The van der Waals surface area contributed by atoms with Crippen molar-refractivity contribution >= 4 is 6.09 Å². The largest absolute Gasteiger partial charge is 0.465 e. The molecule has 1 fully saturated rings. The van der Waals surface area contributed by atoms with E-state index in [0.29, 0.717) is 19.0 Å². The third-order valence-corrected chi connectivity index (χ3v) is 4.53. The Morgan fingerprint density at radius 2 is 2.12 bits per heavy atom. The molecule has 0 aliphatic carbocycles. The lowest BCUT2D eigenvalue weighted by atomic mass is 9.98. The highest BCUT2D eigenvalue weighted by Crippen LogP contribution is 2.31. The van der Waals surface area contributed by atoms with Crippen molar-refractivity contribution in [2.24, 2.45) is 0 Å². The zero-order chi connectivity index (χ0) is 16.9. The molecule has 8 nitrogen and oxygen atoms in total. The number of piperidine rings is 1. The average Bonchev–Trinajstić information content (AvgIpc) is 3.14. The standard InChI is InChI=1S/C16H21N5O3/c1-2-21(13-5-9-20(10-6-13)16(22)23)14(15-18-11-19-24-15)12-3-7-17-8-4-12/h3-4,7-8,11,13-14H,2,5-6,9-10H2,1H3,(H,22,23). The van der Waals surface area contributed by atoms with Gasteiger partial charge in [-0.1, -0.05) is 12.1 Å². The zero-order valence-corrected chi connectivity index (χ0v) is 13.6. The smallest absolute Gasteiger partial charge is 0.407 e. The lowest BCUT2D eigenvalue weighted by Gasteiger charge is -2.40. The van der Waals surface area contributed by atoms with Gasteiger partial charge in [-0.15, -0.1) is 0 Å². The van der Waals surface area contributed by atoms with Gasteiger partial charge in [0.1, 0.15) is 6.04 Å². The van der Waals surface area contributed by atoms with Crippen molar-refractivity contribution in [3.05, 3.63) is 42.3 Å². The molecule has 2 aromatic heterocycles. The first-order valence-corrected chi connectivity index (χ1v) is 8.10. The van der Waals surface area contributed by atoms with Crippen molar-refractivity contribution in [2.75, 3.05) is 19.6 Å². The summed E-state index contributed by atoms with van der Waals surface area (Å²) in [5.41, 5.74) is 1.04. The quantitative estimate of drug-likeness (QED) is 0.895. The summed E-state index contributed by atoms with van der Waals surface area (Å²) < 4.78 is 5.36. The van der Waals surface area contributed by atoms with E-state index in [-0.39, 0.29) is 12.1 Å². The molecule has 24 heavy (non-hydrogen) atoms. The minimum absolute atomic E-state index is 0.151. The summed E-state index contributed by atoms with van der Waals surface area (Å²) in [4.78, 5) is 23.2. The van der Waals surface area contributed by atoms with Gasteiger partial charge in [0.05, 0.1) is 0 Å². The van der Waals surface area contributed by atoms with E-state index < -0.39 is 6.09 Å². The summed E-state index contributed by atoms with van der Waals surface area (Å²) in [6.07, 6.45) is 5.63. The lowest BCUT2D eigenvalue weighted by Crippen LogP contribution is -2.47. The lowest BCUT2D eigenvalue weighted by molar-refractivity contribution is 0.0741. The van der Waals surface area contributed by atoms with Gasteiger partial charge in [-0.3, -0.25) is 9.88 Å². The molecule has 0 saturated carbocycles. The van der Waals surface area contributed by atoms with Gasteiger partial charge in [0.25, 0.3) is 0 Å². The van der Waals surface area contributed by atoms with Gasteiger partial charge >= 0.3 is 6.09 Å². The summed E-state index contributed by atoms with van der Waals surface area (Å²) in [6, 6.07) is 4.01. The van der Waals surface area contributed by atoms with Crippen LogP contribution in [-0.4, -0.2) is 61.8 Å². The Morgan fingerprint density at radius 3 is 2.67 bits per heavy atom. The Kier molecular flexibility index (Phi) is 5.05. The molecular formula is C16H21N5O3. The minimum Gasteiger partial charge on any atom is -0.465 e. The second-order valence-corrected chi connectivity index (χ2v) is 5.79. The molecule has 0 bridgehead atoms. The van der Waals surface area contributed by atoms with Crippen molar-refractivity contribution in [3.63, 3.8) is 0 Å². The van der Waals surface area contributed by atoms with Crippen LogP contribution in [0.2, 0.25) is 0 Å². The maximum absolute atomic E-state index is 11.1. The number of carboxylic acid groups (broad SMARTS) is 1. The Morgan fingerprint density at radius 1 is 1.42 bits per heavy atom. The number of likely N-dealkylation sites (tertiary alicyclic amines) is 1. The fourth-order valence-corrected chi connectivity index (χ4v) is 3.36. The van der Waals surface area contributed by atoms with E-state index in [1.165, 1.54) is 11.2 Å². The number of amides is 1. The number of pyridine rings is 1. The maximum Gasteiger partial charge on any atom is 0.407 e. The number of rotatable bonds is 5. The van der Waals surface area contributed by atoms with Crippen LogP contribution in [0.3, 0.4) is 0 Å². The topological polar surface area (TPSA) is 95.6 Å². The van der Waals surface area contributed by atoms with Crippen LogP contribution >= 0.6 is 0 Å². The van der Waals surface area contributed by atoms with E-state index >= 15 is 0 Å². The fourth-order valence-electron chi connectivity index (χ4n) is 3.36. The Bertz CT molecular complexity index is 641. The summed E-state index contributed by atoms with van der Waals surface area (Å²) >= 11 is 0. The summed E-state index contributed by atoms with van der Waals surface area (Å²) in [5.74, 6) is 0.545. The third kappa shape index (κ3) is 3.38. The predicted molar refractivity (Wildman–Crippen MR) is 85.4 cm³/mol. The van der Waals surface area contributed by atoms with Gasteiger partial charge in [0.2, 0.25) is 5.89 Å². The van der Waals surface area contributed by atoms with Gasteiger partial charge < -0.3 is 14.5 Å². The molecule has 1 N–H and O–H groups in total. The first kappa shape index (κ1) is 16.4. The van der Waals surface area contributed by atoms with Gasteiger partial charge in [0, 0.05) is 31.5 Å². The minimum atomic E-state index is -0.848. The van der Waals surface area contributed by atoms with Crippen molar-refractivity contribution < 1.29 is 14.4 Å². The predicted octanol–water partition coefficient (Wildman–Crippen LogP) is 2.02. The third-order valence-electron chi connectivity index (χ3n) is 4.53. The van der Waals surface area contributed by atoms with Crippen LogP contribution in [0.4, 0.5) is 4.79 Å². The molecule has 2 aromatic rings. The second-order valence-electron chi connectivity index (χ2n) is 5.79. The highest BCUT2D eigenvalue weighted by Gasteiger charge is 2.34. The molecule has 3 rings (SSSR count). The number of hydrogen-bond donors (Lipinski definition) is 1. The molecule has 1 amide bonds. The fraction of sp³-hybridized carbons (Fsp3) is 0.500. The summed E-state index contributed by atoms with van der Waals surface area (Å²) in [6.45, 7) is 3.98. The van der Waals surface area contributed by atoms with Gasteiger partial charge in [0.15, 0.2) is 6.33 Å². The monoisotopic (exact) mass is 331 g/mol. The van der Waals surface area contributed by atoms with Crippen LogP contribution in [0, 0.1) is 0 Å². The number of hydrogen-bond acceptors (Lipinski definition) is 6. The molecule has 8 heteroatoms. The number of nitrogens with zero attached hydrogens (tertiary/aromatic N) is 5. The molecule has 0 radical (unpaired) electrons. The number of aromatic nitrogens is 3. The molecule has 1 aliphatic rings. The van der Waals surface area contributed by atoms with Crippen LogP contribution in [-0.2, 0) is 0 Å². The molecule has 3 heterocycles. The highest BCUT2D eigenvalue weighted by atomic mass is 16.5. The Hall–Kier alpha value is -2.48. The van der Waals surface area contributed by atoms with Gasteiger partial charge in [-0.05, 0) is 37.1 Å². The van der Waals surface area contributed by atoms with Crippen molar-refractivity contribution in [3.8, 4) is 0 Å². The van der Waals surface area contributed by atoms with Gasteiger partial charge in [-0.2, -0.15) is 4.98 Å². The second kappa shape index (κ2) is 7.39. The summed E-state index contributed by atoms with van der Waals surface area (Å²) in [7, 11) is 0. The Balaban J connectivity index is 1.84. The van der Waals surface area contributed by atoms with Crippen molar-refractivity contribution in [2.45, 2.75) is 31.8 Å². The molecule has 0 aromatic carbocycles. The van der Waals surface area contributed by atoms with E-state index in [2.05, 4.69) is 26.9 Å². The SMILES string of the molecule is CCN(C1CCN(C(=O)O)CC1)C(c1ccncc1)c1ncno1. The molecule has 1 atom stereocenters. The Labute approximate surface area is 140 Å². The normalized spacial score (nSPS) is 17.2. The van der Waals surface area contributed by atoms with Gasteiger partial charge in [-0.25, -0.2) is 4.79 Å². The van der Waals surface area contributed by atoms with Crippen LogP contribution in [0.15, 0.2) is 35.4 Å². The molecule has 1 saturated heterocycles. The maximum atomic E-state index is 11.1. The molecule has 1 aliphatic heterocycles. The average molecular weight is 331 g/mol. The van der Waals surface area contributed by atoms with E-state index in [1.807, 2.05) is 12.1 Å². The van der Waals surface area contributed by atoms with Crippen molar-refractivity contribution in [1.82, 2.24) is 24.9 Å². The number of carbonyl (C=O) groups is 1. The first-order valence-electron chi connectivity index (χ1n) is 8.10. The highest BCUT2D eigenvalue weighted by molar-refractivity contribution is 5.65. The zero-order valence-electron chi connectivity index (χ0n) is 13.6. The van der Waals surface area contributed by atoms with Crippen LogP contribution < -0.4 is 0 Å². The molecule has 128 valence electrons. The van der Waals surface area contributed by atoms with E-state index in [1.54, 1.807) is 12.4 Å². The molecular weight excluding hydrogens is 310 g/mol. The molecule has 1 unspecified atom stereocenters. The van der Waals surface area contributed by atoms with Crippen LogP contribution in [0.1, 0.15) is 37.3 Å². The van der Waals surface area contributed by atoms with Crippen LogP contribution in [0.25, 0.3) is 0 Å². The first-order chi connectivity index (χ1) is 11.7. The summed E-state index contributed by atoms with van der Waals surface area (Å²) in [5, 5.41) is 12.9. The molecule has 0 spiro atoms. The van der Waals surface area contributed by atoms with E-state index in [9.17, 15) is 4.79 Å². The van der Waals surface area contributed by atoms with Crippen LogP contribution in [0.5, 0.6) is 0 Å². The van der Waals surface area contributed by atoms with E-state index in [4.69, 9.17) is 9.63 Å². The van der Waals surface area contributed by atoms with Crippen molar-refractivity contribution in [1.29, 1.82) is 0 Å².